The van der Waals surface area contributed by atoms with E-state index in [2.05, 4.69) is 32.4 Å². The zero-order valence-electron chi connectivity index (χ0n) is 17.2. The molecule has 4 rings (SSSR count). The van der Waals surface area contributed by atoms with Crippen LogP contribution in [0.3, 0.4) is 0 Å². The summed E-state index contributed by atoms with van der Waals surface area (Å²) in [4.78, 5) is 23.5. The normalized spacial score (nSPS) is 16.3. The molecule has 1 atom stereocenters. The van der Waals surface area contributed by atoms with Crippen molar-refractivity contribution in [3.63, 3.8) is 0 Å². The van der Waals surface area contributed by atoms with Gasteiger partial charge in [-0.3, -0.25) is 4.79 Å². The minimum atomic E-state index is -0.128. The van der Waals surface area contributed by atoms with Crippen LogP contribution in [0.1, 0.15) is 41.4 Å². The minimum Gasteiger partial charge on any atom is -0.467 e. The average Bonchev–Trinajstić information content (AvgIpc) is 3.30. The number of aromatic nitrogens is 2. The Morgan fingerprint density at radius 3 is 2.97 bits per heavy atom. The number of carbonyl (C=O) groups is 1. The smallest absolute Gasteiger partial charge is 0.251 e. The first-order chi connectivity index (χ1) is 14.7. The Hall–Kier alpha value is -3.35. The van der Waals surface area contributed by atoms with Crippen LogP contribution in [0, 0.1) is 5.92 Å². The maximum atomic E-state index is 12.4. The van der Waals surface area contributed by atoms with E-state index < -0.39 is 0 Å². The van der Waals surface area contributed by atoms with Crippen molar-refractivity contribution in [1.82, 2.24) is 15.3 Å². The largest absolute Gasteiger partial charge is 0.467 e. The van der Waals surface area contributed by atoms with Gasteiger partial charge in [-0.05, 0) is 48.6 Å². The van der Waals surface area contributed by atoms with Gasteiger partial charge in [0.2, 0.25) is 0 Å². The highest BCUT2D eigenvalue weighted by Crippen LogP contribution is 2.22. The van der Waals surface area contributed by atoms with Crippen molar-refractivity contribution < 1.29 is 9.21 Å². The molecule has 7 heteroatoms. The molecular formula is C23H27N5O2. The van der Waals surface area contributed by atoms with Crippen LogP contribution in [0.15, 0.2) is 59.5 Å². The molecular weight excluding hydrogens is 378 g/mol. The van der Waals surface area contributed by atoms with Gasteiger partial charge in [-0.1, -0.05) is 19.1 Å². The SMILES string of the molecule is CC1CCCN(c2cc(NCc3cccc(C(=O)NCc4ccco4)c3)ncn2)C1. The zero-order valence-corrected chi connectivity index (χ0v) is 17.2. The summed E-state index contributed by atoms with van der Waals surface area (Å²) in [6.45, 7) is 5.30. The number of anilines is 2. The highest BCUT2D eigenvalue weighted by molar-refractivity contribution is 5.94. The number of carbonyl (C=O) groups excluding carboxylic acids is 1. The lowest BCUT2D eigenvalue weighted by molar-refractivity contribution is 0.0948. The average molecular weight is 406 g/mol. The Labute approximate surface area is 176 Å². The first kappa shape index (κ1) is 19.9. The van der Waals surface area contributed by atoms with E-state index in [-0.39, 0.29) is 5.91 Å². The second-order valence-corrected chi connectivity index (χ2v) is 7.77. The van der Waals surface area contributed by atoms with Gasteiger partial charge in [-0.2, -0.15) is 0 Å². The van der Waals surface area contributed by atoms with Crippen LogP contribution in [0.2, 0.25) is 0 Å². The van der Waals surface area contributed by atoms with E-state index in [1.165, 1.54) is 12.8 Å². The van der Waals surface area contributed by atoms with E-state index in [0.717, 1.165) is 36.0 Å². The van der Waals surface area contributed by atoms with Crippen LogP contribution in [0.4, 0.5) is 11.6 Å². The third kappa shape index (κ3) is 5.17. The molecule has 1 unspecified atom stereocenters. The lowest BCUT2D eigenvalue weighted by Crippen LogP contribution is -2.34. The summed E-state index contributed by atoms with van der Waals surface area (Å²) in [5.74, 6) is 3.03. The fourth-order valence-corrected chi connectivity index (χ4v) is 3.71. The molecule has 0 radical (unpaired) electrons. The fraction of sp³-hybridized carbons (Fsp3) is 0.348. The molecule has 2 N–H and O–H groups in total. The number of benzene rings is 1. The van der Waals surface area contributed by atoms with E-state index in [4.69, 9.17) is 4.42 Å². The van der Waals surface area contributed by atoms with Crippen molar-refractivity contribution in [3.05, 3.63) is 71.9 Å². The van der Waals surface area contributed by atoms with Crippen molar-refractivity contribution in [2.24, 2.45) is 5.92 Å². The number of nitrogens with zero attached hydrogens (tertiary/aromatic N) is 3. The quantitative estimate of drug-likeness (QED) is 0.621. The number of hydrogen-bond acceptors (Lipinski definition) is 6. The van der Waals surface area contributed by atoms with Gasteiger partial charge in [-0.15, -0.1) is 0 Å². The molecule has 2 aromatic heterocycles. The molecule has 0 bridgehead atoms. The van der Waals surface area contributed by atoms with E-state index in [9.17, 15) is 4.79 Å². The van der Waals surface area contributed by atoms with Gasteiger partial charge >= 0.3 is 0 Å². The van der Waals surface area contributed by atoms with Crippen molar-refractivity contribution in [3.8, 4) is 0 Å². The first-order valence-corrected chi connectivity index (χ1v) is 10.4. The Kier molecular flexibility index (Phi) is 6.27. The third-order valence-electron chi connectivity index (χ3n) is 5.30. The summed E-state index contributed by atoms with van der Waals surface area (Å²) < 4.78 is 5.25. The molecule has 1 aliphatic rings. The molecule has 3 aromatic rings. The second kappa shape index (κ2) is 9.43. The van der Waals surface area contributed by atoms with Gasteiger partial charge in [0.25, 0.3) is 5.91 Å². The molecule has 7 nitrogen and oxygen atoms in total. The van der Waals surface area contributed by atoms with Crippen molar-refractivity contribution in [1.29, 1.82) is 0 Å². The summed E-state index contributed by atoms with van der Waals surface area (Å²) in [6.07, 6.45) is 5.68. The minimum absolute atomic E-state index is 0.128. The Morgan fingerprint density at radius 2 is 2.13 bits per heavy atom. The molecule has 0 spiro atoms. The standard InChI is InChI=1S/C23H27N5O2/c1-17-5-3-9-28(15-17)22-12-21(26-16-27-22)24-13-18-6-2-7-19(11-18)23(29)25-14-20-8-4-10-30-20/h2,4,6-8,10-12,16-17H,3,5,9,13-15H2,1H3,(H,25,29)(H,24,26,27). The Balaban J connectivity index is 1.35. The Morgan fingerprint density at radius 1 is 1.20 bits per heavy atom. The molecule has 3 heterocycles. The second-order valence-electron chi connectivity index (χ2n) is 7.77. The number of amides is 1. The van der Waals surface area contributed by atoms with Crippen LogP contribution >= 0.6 is 0 Å². The van der Waals surface area contributed by atoms with Crippen molar-refractivity contribution >= 4 is 17.5 Å². The third-order valence-corrected chi connectivity index (χ3v) is 5.30. The van der Waals surface area contributed by atoms with Crippen LogP contribution in [0.5, 0.6) is 0 Å². The van der Waals surface area contributed by atoms with Gasteiger partial charge < -0.3 is 20.0 Å². The number of nitrogens with one attached hydrogen (secondary N) is 2. The molecule has 1 aliphatic heterocycles. The van der Waals surface area contributed by atoms with Gasteiger partial charge in [-0.25, -0.2) is 9.97 Å². The predicted octanol–water partition coefficient (Wildman–Crippen LogP) is 3.85. The maximum absolute atomic E-state index is 12.4. The van der Waals surface area contributed by atoms with Crippen molar-refractivity contribution in [2.75, 3.05) is 23.3 Å². The monoisotopic (exact) mass is 405 g/mol. The van der Waals surface area contributed by atoms with Gasteiger partial charge in [0, 0.05) is 31.3 Å². The van der Waals surface area contributed by atoms with E-state index in [0.29, 0.717) is 24.6 Å². The van der Waals surface area contributed by atoms with E-state index >= 15 is 0 Å². The van der Waals surface area contributed by atoms with E-state index in [1.54, 1.807) is 24.7 Å². The molecule has 1 aromatic carbocycles. The van der Waals surface area contributed by atoms with E-state index in [1.807, 2.05) is 30.3 Å². The first-order valence-electron chi connectivity index (χ1n) is 10.4. The summed E-state index contributed by atoms with van der Waals surface area (Å²) in [5, 5.41) is 6.22. The molecule has 1 saturated heterocycles. The van der Waals surface area contributed by atoms with Gasteiger partial charge in [0.15, 0.2) is 0 Å². The maximum Gasteiger partial charge on any atom is 0.251 e. The molecule has 30 heavy (non-hydrogen) atoms. The molecule has 1 amide bonds. The molecule has 1 fully saturated rings. The van der Waals surface area contributed by atoms with Gasteiger partial charge in [0.05, 0.1) is 12.8 Å². The summed E-state index contributed by atoms with van der Waals surface area (Å²) in [7, 11) is 0. The summed E-state index contributed by atoms with van der Waals surface area (Å²) in [5.41, 5.74) is 1.62. The lowest BCUT2D eigenvalue weighted by Gasteiger charge is -2.31. The molecule has 0 aliphatic carbocycles. The summed E-state index contributed by atoms with van der Waals surface area (Å²) in [6, 6.07) is 13.2. The van der Waals surface area contributed by atoms with Crippen LogP contribution in [-0.4, -0.2) is 29.0 Å². The summed E-state index contributed by atoms with van der Waals surface area (Å²) >= 11 is 0. The van der Waals surface area contributed by atoms with Gasteiger partial charge in [0.1, 0.15) is 23.7 Å². The zero-order chi connectivity index (χ0) is 20.8. The lowest BCUT2D eigenvalue weighted by atomic mass is 10.0. The molecule has 0 saturated carbocycles. The van der Waals surface area contributed by atoms with Crippen LogP contribution in [0.25, 0.3) is 0 Å². The highest BCUT2D eigenvalue weighted by atomic mass is 16.3. The highest BCUT2D eigenvalue weighted by Gasteiger charge is 2.18. The topological polar surface area (TPSA) is 83.3 Å². The number of piperidine rings is 1. The molecule has 156 valence electrons. The number of rotatable bonds is 7. The number of furan rings is 1. The number of hydrogen-bond donors (Lipinski definition) is 2. The Bertz CT molecular complexity index is 973. The predicted molar refractivity (Wildman–Crippen MR) is 116 cm³/mol. The van der Waals surface area contributed by atoms with Crippen LogP contribution < -0.4 is 15.5 Å². The fourth-order valence-electron chi connectivity index (χ4n) is 3.71. The van der Waals surface area contributed by atoms with Crippen molar-refractivity contribution in [2.45, 2.75) is 32.9 Å². The van der Waals surface area contributed by atoms with Crippen LogP contribution in [-0.2, 0) is 13.1 Å².